The Balaban J connectivity index is 1.20. The molecule has 2 aromatic rings. The molecule has 0 radical (unpaired) electrons. The van der Waals surface area contributed by atoms with Gasteiger partial charge in [0, 0.05) is 17.8 Å². The highest BCUT2D eigenvalue weighted by Gasteiger charge is 2.55. The average molecular weight is 541 g/mol. The van der Waals surface area contributed by atoms with Crippen molar-refractivity contribution in [1.82, 2.24) is 20.0 Å². The van der Waals surface area contributed by atoms with Gasteiger partial charge in [-0.1, -0.05) is 54.6 Å². The summed E-state index contributed by atoms with van der Waals surface area (Å²) in [5.74, 6) is -0.937. The first-order chi connectivity index (χ1) is 19.3. The largest absolute Gasteiger partial charge is 0.497 e. The molecule has 1 spiro atoms. The molecule has 0 unspecified atom stereocenters. The quantitative estimate of drug-likeness (QED) is 0.563. The van der Waals surface area contributed by atoms with Crippen LogP contribution in [0.25, 0.3) is 0 Å². The van der Waals surface area contributed by atoms with Crippen LogP contribution in [-0.2, 0) is 21.7 Å². The van der Waals surface area contributed by atoms with Crippen molar-refractivity contribution in [2.24, 2.45) is 5.92 Å². The van der Waals surface area contributed by atoms with Crippen LogP contribution in [0.1, 0.15) is 36.8 Å². The Morgan fingerprint density at radius 3 is 2.33 bits per heavy atom. The van der Waals surface area contributed by atoms with Gasteiger partial charge in [-0.3, -0.25) is 14.5 Å². The molecule has 3 fully saturated rings. The first-order valence-electron chi connectivity index (χ1n) is 14.0. The molecule has 0 aromatic heterocycles. The molecule has 208 valence electrons. The van der Waals surface area contributed by atoms with Crippen LogP contribution in [0.15, 0.2) is 78.5 Å². The zero-order chi connectivity index (χ0) is 28.1. The van der Waals surface area contributed by atoms with Crippen LogP contribution in [0, 0.1) is 5.92 Å². The fourth-order valence-electron chi connectivity index (χ4n) is 7.09. The van der Waals surface area contributed by atoms with E-state index in [0.29, 0.717) is 18.8 Å². The Labute approximate surface area is 235 Å². The van der Waals surface area contributed by atoms with E-state index >= 15 is 0 Å². The highest BCUT2D eigenvalue weighted by molar-refractivity contribution is 6.40. The van der Waals surface area contributed by atoms with E-state index in [9.17, 15) is 14.4 Å². The second-order valence-corrected chi connectivity index (χ2v) is 11.7. The number of fused-ring (bicyclic) bond motifs is 1. The third-order valence-electron chi connectivity index (χ3n) is 9.45. The van der Waals surface area contributed by atoms with Gasteiger partial charge in [-0.2, -0.15) is 0 Å². The Kier molecular flexibility index (Phi) is 6.53. The first kappa shape index (κ1) is 26.3. The standard InChI is InChI=1S/C32H36N4O4/c1-34(2)32(23-8-5-4-6-9-23)18-16-31(17-19-32)21-36(30(39)33-31)26-11-7-10-25-27(26)28(37)29(38)35(25)20-22-12-14-24(40-3)15-13-22/h4-15,26-27H,16-21H2,1-3H3,(H,33,39)/t26-,27-,31?,32?/m0/s1. The predicted octanol–water partition coefficient (Wildman–Crippen LogP) is 3.84. The Morgan fingerprint density at radius 1 is 0.975 bits per heavy atom. The average Bonchev–Trinajstić information content (AvgIpc) is 3.42. The van der Waals surface area contributed by atoms with Crippen LogP contribution < -0.4 is 10.1 Å². The van der Waals surface area contributed by atoms with E-state index in [0.717, 1.165) is 37.0 Å². The van der Waals surface area contributed by atoms with Crippen molar-refractivity contribution in [2.45, 2.75) is 49.3 Å². The van der Waals surface area contributed by atoms with Crippen LogP contribution in [0.2, 0.25) is 0 Å². The van der Waals surface area contributed by atoms with Crippen LogP contribution >= 0.6 is 0 Å². The first-order valence-corrected chi connectivity index (χ1v) is 14.0. The number of hydrogen-bond donors (Lipinski definition) is 1. The molecule has 40 heavy (non-hydrogen) atoms. The van der Waals surface area contributed by atoms with E-state index in [4.69, 9.17) is 4.74 Å². The molecule has 1 N–H and O–H groups in total. The number of methoxy groups -OCH3 is 1. The van der Waals surface area contributed by atoms with E-state index < -0.39 is 23.7 Å². The third-order valence-corrected chi connectivity index (χ3v) is 9.45. The number of carbonyl (C=O) groups excluding carboxylic acids is 3. The summed E-state index contributed by atoms with van der Waals surface area (Å²) in [4.78, 5) is 45.6. The second kappa shape index (κ2) is 9.93. The summed E-state index contributed by atoms with van der Waals surface area (Å²) in [6.07, 6.45) is 9.11. The SMILES string of the molecule is COc1ccc(CN2C(=O)C(=O)[C@H]3C2=CC=C[C@@H]3N2CC3(CCC(c4ccccc4)(N(C)C)CC3)NC2=O)cc1. The lowest BCUT2D eigenvalue weighted by Crippen LogP contribution is -2.54. The van der Waals surface area contributed by atoms with E-state index in [1.54, 1.807) is 16.9 Å². The number of ether oxygens (including phenoxy) is 1. The highest BCUT2D eigenvalue weighted by Crippen LogP contribution is 2.47. The molecule has 2 saturated heterocycles. The minimum atomic E-state index is -0.689. The molecule has 2 atom stereocenters. The number of nitrogens with one attached hydrogen (secondary N) is 1. The van der Waals surface area contributed by atoms with Gasteiger partial charge < -0.3 is 19.9 Å². The van der Waals surface area contributed by atoms with Crippen molar-refractivity contribution in [3.63, 3.8) is 0 Å². The van der Waals surface area contributed by atoms with Gasteiger partial charge in [0.15, 0.2) is 0 Å². The molecule has 6 rings (SSSR count). The van der Waals surface area contributed by atoms with Gasteiger partial charge >= 0.3 is 6.03 Å². The maximum atomic E-state index is 13.5. The molecule has 3 amide bonds. The monoisotopic (exact) mass is 540 g/mol. The molecule has 2 aliphatic heterocycles. The molecular weight excluding hydrogens is 504 g/mol. The molecule has 2 heterocycles. The molecule has 2 aliphatic carbocycles. The summed E-state index contributed by atoms with van der Waals surface area (Å²) in [6.45, 7) is 0.808. The zero-order valence-corrected chi connectivity index (χ0v) is 23.3. The normalized spacial score (nSPS) is 29.7. The van der Waals surface area contributed by atoms with Crippen LogP contribution in [-0.4, -0.2) is 71.8 Å². The summed E-state index contributed by atoms with van der Waals surface area (Å²) in [6, 6.07) is 17.4. The number of nitrogens with zero attached hydrogens (tertiary/aromatic N) is 3. The van der Waals surface area contributed by atoms with Crippen LogP contribution in [0.3, 0.4) is 0 Å². The van der Waals surface area contributed by atoms with Gasteiger partial charge in [0.05, 0.1) is 31.2 Å². The van der Waals surface area contributed by atoms with Gasteiger partial charge in [0.1, 0.15) is 5.75 Å². The van der Waals surface area contributed by atoms with Crippen molar-refractivity contribution in [3.05, 3.63) is 89.6 Å². The van der Waals surface area contributed by atoms with Crippen molar-refractivity contribution >= 4 is 17.7 Å². The maximum Gasteiger partial charge on any atom is 0.318 e. The topological polar surface area (TPSA) is 82.2 Å². The number of Topliss-reactive ketones (excluding diaryl/α,β-unsaturated/α-hetero) is 1. The molecule has 4 aliphatic rings. The number of allylic oxidation sites excluding steroid dienone is 2. The van der Waals surface area contributed by atoms with Gasteiger partial charge in [0.2, 0.25) is 5.78 Å². The number of hydrogen-bond acceptors (Lipinski definition) is 5. The van der Waals surface area contributed by atoms with Gasteiger partial charge in [-0.15, -0.1) is 0 Å². The van der Waals surface area contributed by atoms with Crippen molar-refractivity contribution in [2.75, 3.05) is 27.7 Å². The Hall–Kier alpha value is -3.91. The number of rotatable bonds is 6. The van der Waals surface area contributed by atoms with Crippen LogP contribution in [0.4, 0.5) is 4.79 Å². The lowest BCUT2D eigenvalue weighted by atomic mass is 9.68. The summed E-state index contributed by atoms with van der Waals surface area (Å²) < 4.78 is 5.24. The molecule has 1 saturated carbocycles. The van der Waals surface area contributed by atoms with Crippen molar-refractivity contribution < 1.29 is 19.1 Å². The van der Waals surface area contributed by atoms with Gasteiger partial charge in [-0.25, -0.2) is 4.79 Å². The number of ketones is 1. The lowest BCUT2D eigenvalue weighted by Gasteiger charge is -2.48. The number of urea groups is 1. The molecular formula is C32H36N4O4. The maximum absolute atomic E-state index is 13.5. The Bertz CT molecular complexity index is 1370. The summed E-state index contributed by atoms with van der Waals surface area (Å²) in [5.41, 5.74) is 2.42. The minimum Gasteiger partial charge on any atom is -0.497 e. The smallest absolute Gasteiger partial charge is 0.318 e. The number of amides is 3. The predicted molar refractivity (Wildman–Crippen MR) is 151 cm³/mol. The number of carbonyl (C=O) groups is 3. The summed E-state index contributed by atoms with van der Waals surface area (Å²) in [7, 11) is 5.87. The van der Waals surface area contributed by atoms with E-state index in [1.807, 2.05) is 48.6 Å². The van der Waals surface area contributed by atoms with Gasteiger partial charge in [-0.05, 0) is 69.1 Å². The number of benzene rings is 2. The zero-order valence-electron chi connectivity index (χ0n) is 23.3. The fourth-order valence-corrected chi connectivity index (χ4v) is 7.09. The van der Waals surface area contributed by atoms with E-state index in [-0.39, 0.29) is 17.1 Å². The van der Waals surface area contributed by atoms with E-state index in [2.05, 4.69) is 48.6 Å². The van der Waals surface area contributed by atoms with Crippen molar-refractivity contribution in [1.29, 1.82) is 0 Å². The minimum absolute atomic E-state index is 0.0822. The van der Waals surface area contributed by atoms with Crippen molar-refractivity contribution in [3.8, 4) is 5.75 Å². The number of likely N-dealkylation sites (tertiary alicyclic amines) is 1. The molecule has 8 heteroatoms. The second-order valence-electron chi connectivity index (χ2n) is 11.7. The fraction of sp³-hybridized carbons (Fsp3) is 0.406. The summed E-state index contributed by atoms with van der Waals surface area (Å²) in [5, 5.41) is 3.31. The summed E-state index contributed by atoms with van der Waals surface area (Å²) >= 11 is 0. The molecule has 2 aromatic carbocycles. The lowest BCUT2D eigenvalue weighted by molar-refractivity contribution is -0.141. The molecule has 0 bridgehead atoms. The molecule has 8 nitrogen and oxygen atoms in total. The van der Waals surface area contributed by atoms with Gasteiger partial charge in [0.25, 0.3) is 5.91 Å². The van der Waals surface area contributed by atoms with Crippen LogP contribution in [0.5, 0.6) is 5.75 Å². The Morgan fingerprint density at radius 2 is 1.68 bits per heavy atom. The van der Waals surface area contributed by atoms with E-state index in [1.165, 1.54) is 5.56 Å². The highest BCUT2D eigenvalue weighted by atomic mass is 16.5. The third kappa shape index (κ3) is 4.22.